The maximum Gasteiger partial charge on any atom is 0.269 e. The third kappa shape index (κ3) is 5.09. The molecule has 6 heteroatoms. The molecule has 1 aromatic rings. The molecule has 1 amide bonds. The van der Waals surface area contributed by atoms with E-state index in [9.17, 15) is 4.79 Å². The second kappa shape index (κ2) is 9.61. The van der Waals surface area contributed by atoms with Crippen LogP contribution >= 0.6 is 0 Å². The number of hydrogen-bond donors (Lipinski definition) is 2. The number of allylic oxidation sites excluding steroid dienone is 2. The third-order valence-corrected chi connectivity index (χ3v) is 3.23. The van der Waals surface area contributed by atoms with Gasteiger partial charge in [0, 0.05) is 11.3 Å². The molecule has 0 aromatic heterocycles. The summed E-state index contributed by atoms with van der Waals surface area (Å²) in [7, 11) is 4.55. The quantitative estimate of drug-likeness (QED) is 0.684. The Morgan fingerprint density at radius 2 is 1.65 bits per heavy atom. The van der Waals surface area contributed by atoms with Gasteiger partial charge >= 0.3 is 0 Å². The Morgan fingerprint density at radius 3 is 2.09 bits per heavy atom. The van der Waals surface area contributed by atoms with Gasteiger partial charge in [0.15, 0.2) is 11.5 Å². The predicted octanol–water partition coefficient (Wildman–Crippen LogP) is 3.04. The van der Waals surface area contributed by atoms with Gasteiger partial charge < -0.3 is 19.6 Å². The summed E-state index contributed by atoms with van der Waals surface area (Å²) < 4.78 is 15.8. The van der Waals surface area contributed by atoms with Gasteiger partial charge in [-0.25, -0.2) is 0 Å². The van der Waals surface area contributed by atoms with Crippen molar-refractivity contribution in [3.05, 3.63) is 29.5 Å². The third-order valence-electron chi connectivity index (χ3n) is 3.23. The van der Waals surface area contributed by atoms with Crippen LogP contribution in [0.25, 0.3) is 0 Å². The fourth-order valence-corrected chi connectivity index (χ4v) is 2.15. The van der Waals surface area contributed by atoms with Crippen molar-refractivity contribution < 1.29 is 19.0 Å². The van der Waals surface area contributed by atoms with Crippen molar-refractivity contribution in [2.24, 2.45) is 0 Å². The van der Waals surface area contributed by atoms with E-state index in [2.05, 4.69) is 30.8 Å². The fourth-order valence-electron chi connectivity index (χ4n) is 2.15. The molecule has 128 valence electrons. The van der Waals surface area contributed by atoms with E-state index < -0.39 is 0 Å². The Kier molecular flexibility index (Phi) is 7.80. The zero-order chi connectivity index (χ0) is 17.2. The summed E-state index contributed by atoms with van der Waals surface area (Å²) in [6.07, 6.45) is 4.84. The highest BCUT2D eigenvalue weighted by atomic mass is 16.5. The highest BCUT2D eigenvalue weighted by Gasteiger charge is 2.16. The highest BCUT2D eigenvalue weighted by molar-refractivity contribution is 5.95. The summed E-state index contributed by atoms with van der Waals surface area (Å²) in [5, 5.41) is 0. The summed E-state index contributed by atoms with van der Waals surface area (Å²) in [6.45, 7) is 4.14. The molecular weight excluding hydrogens is 296 g/mol. The van der Waals surface area contributed by atoms with Crippen LogP contribution in [0.2, 0.25) is 0 Å². The van der Waals surface area contributed by atoms with Gasteiger partial charge in [-0.05, 0) is 25.0 Å². The number of hydrogen-bond acceptors (Lipinski definition) is 5. The predicted molar refractivity (Wildman–Crippen MR) is 90.0 cm³/mol. The van der Waals surface area contributed by atoms with Crippen molar-refractivity contribution in [3.8, 4) is 17.2 Å². The van der Waals surface area contributed by atoms with Crippen molar-refractivity contribution >= 4 is 5.91 Å². The molecule has 0 unspecified atom stereocenters. The average molecular weight is 322 g/mol. The Balaban J connectivity index is 2.93. The molecule has 0 bridgehead atoms. The molecule has 0 aliphatic heterocycles. The van der Waals surface area contributed by atoms with E-state index in [0.29, 0.717) is 22.8 Å². The number of amides is 1. The van der Waals surface area contributed by atoms with Crippen molar-refractivity contribution in [3.63, 3.8) is 0 Å². The summed E-state index contributed by atoms with van der Waals surface area (Å²) in [6, 6.07) is 3.22. The van der Waals surface area contributed by atoms with E-state index in [1.54, 1.807) is 12.1 Å². The van der Waals surface area contributed by atoms with Gasteiger partial charge in [-0.2, -0.15) is 0 Å². The zero-order valence-corrected chi connectivity index (χ0v) is 14.5. The molecule has 0 aliphatic carbocycles. The molecule has 1 rings (SSSR count). The number of carbonyl (C=O) groups is 1. The van der Waals surface area contributed by atoms with Crippen LogP contribution in [-0.2, 0) is 0 Å². The monoisotopic (exact) mass is 322 g/mol. The fraction of sp³-hybridized carbons (Fsp3) is 0.471. The maximum atomic E-state index is 12.3. The Morgan fingerprint density at radius 1 is 1.04 bits per heavy atom. The van der Waals surface area contributed by atoms with Crippen LogP contribution < -0.4 is 25.1 Å². The van der Waals surface area contributed by atoms with Crippen LogP contribution in [0.3, 0.4) is 0 Å². The van der Waals surface area contributed by atoms with Crippen molar-refractivity contribution in [2.75, 3.05) is 21.3 Å². The molecule has 0 heterocycles. The highest BCUT2D eigenvalue weighted by Crippen LogP contribution is 2.38. The molecule has 0 saturated heterocycles. The first-order valence-corrected chi connectivity index (χ1v) is 7.66. The van der Waals surface area contributed by atoms with Gasteiger partial charge in [-0.15, -0.1) is 0 Å². The Hall–Kier alpha value is -2.37. The van der Waals surface area contributed by atoms with E-state index in [-0.39, 0.29) is 5.91 Å². The number of rotatable bonds is 9. The molecular formula is C17H26N2O4. The van der Waals surface area contributed by atoms with E-state index >= 15 is 0 Å². The number of hydrazine groups is 1. The summed E-state index contributed by atoms with van der Waals surface area (Å²) in [5.74, 6) is 1.06. The SMILES string of the molecule is CC/C=C(/CCC)NNC(=O)c1cc(OC)c(OC)c(OC)c1. The molecule has 0 spiro atoms. The second-order valence-electron chi connectivity index (χ2n) is 4.88. The number of ether oxygens (including phenoxy) is 3. The lowest BCUT2D eigenvalue weighted by Gasteiger charge is -2.15. The van der Waals surface area contributed by atoms with E-state index in [1.165, 1.54) is 21.3 Å². The average Bonchev–Trinajstić information content (AvgIpc) is 2.58. The minimum atomic E-state index is -0.276. The zero-order valence-electron chi connectivity index (χ0n) is 14.5. The van der Waals surface area contributed by atoms with Crippen molar-refractivity contribution in [1.82, 2.24) is 10.9 Å². The lowest BCUT2D eigenvalue weighted by molar-refractivity contribution is 0.0937. The molecule has 23 heavy (non-hydrogen) atoms. The van der Waals surface area contributed by atoms with E-state index in [0.717, 1.165) is 25.0 Å². The van der Waals surface area contributed by atoms with Gasteiger partial charge in [0.2, 0.25) is 5.75 Å². The van der Waals surface area contributed by atoms with Crippen LogP contribution in [0, 0.1) is 0 Å². The Bertz CT molecular complexity index is 531. The molecule has 6 nitrogen and oxygen atoms in total. The van der Waals surface area contributed by atoms with Crippen LogP contribution in [0.4, 0.5) is 0 Å². The molecule has 0 atom stereocenters. The molecule has 0 saturated carbocycles. The summed E-state index contributed by atoms with van der Waals surface area (Å²) in [5.41, 5.74) is 7.08. The number of nitrogens with one attached hydrogen (secondary N) is 2. The standard InChI is InChI=1S/C17H26N2O4/c1-6-8-13(9-7-2)18-19-17(20)12-10-14(21-3)16(23-5)15(11-12)22-4/h8,10-11,18H,6-7,9H2,1-5H3,(H,19,20)/b13-8-. The molecule has 0 radical (unpaired) electrons. The first kappa shape index (κ1) is 18.7. The minimum absolute atomic E-state index is 0.276. The summed E-state index contributed by atoms with van der Waals surface area (Å²) >= 11 is 0. The van der Waals surface area contributed by atoms with Gasteiger partial charge in [0.05, 0.1) is 21.3 Å². The molecule has 0 aliphatic rings. The van der Waals surface area contributed by atoms with E-state index in [1.807, 2.05) is 0 Å². The number of methoxy groups -OCH3 is 3. The molecule has 0 fully saturated rings. The first-order valence-electron chi connectivity index (χ1n) is 7.66. The van der Waals surface area contributed by atoms with E-state index in [4.69, 9.17) is 14.2 Å². The van der Waals surface area contributed by atoms with Gasteiger partial charge in [0.25, 0.3) is 5.91 Å². The van der Waals surface area contributed by atoms with Crippen LogP contribution in [0.5, 0.6) is 17.2 Å². The first-order chi connectivity index (χ1) is 11.1. The Labute approximate surface area is 137 Å². The van der Waals surface area contributed by atoms with Gasteiger partial charge in [-0.3, -0.25) is 10.2 Å². The summed E-state index contributed by atoms with van der Waals surface area (Å²) in [4.78, 5) is 12.3. The lowest BCUT2D eigenvalue weighted by atomic mass is 10.1. The smallest absolute Gasteiger partial charge is 0.269 e. The van der Waals surface area contributed by atoms with Crippen molar-refractivity contribution in [2.45, 2.75) is 33.1 Å². The topological polar surface area (TPSA) is 68.8 Å². The number of carbonyl (C=O) groups excluding carboxylic acids is 1. The van der Waals surface area contributed by atoms with Gasteiger partial charge in [-0.1, -0.05) is 26.3 Å². The second-order valence-corrected chi connectivity index (χ2v) is 4.88. The van der Waals surface area contributed by atoms with Crippen LogP contribution in [0.15, 0.2) is 23.9 Å². The lowest BCUT2D eigenvalue weighted by Crippen LogP contribution is -2.36. The van der Waals surface area contributed by atoms with Crippen molar-refractivity contribution in [1.29, 1.82) is 0 Å². The normalized spacial score (nSPS) is 10.9. The van der Waals surface area contributed by atoms with Crippen LogP contribution in [-0.4, -0.2) is 27.2 Å². The van der Waals surface area contributed by atoms with Crippen LogP contribution in [0.1, 0.15) is 43.5 Å². The maximum absolute atomic E-state index is 12.3. The minimum Gasteiger partial charge on any atom is -0.493 e. The van der Waals surface area contributed by atoms with Gasteiger partial charge in [0.1, 0.15) is 0 Å². The largest absolute Gasteiger partial charge is 0.493 e. The molecule has 1 aromatic carbocycles. The number of benzene rings is 1. The molecule has 2 N–H and O–H groups in total.